The van der Waals surface area contributed by atoms with Crippen molar-refractivity contribution in [3.8, 4) is 5.75 Å². The van der Waals surface area contributed by atoms with Gasteiger partial charge in [-0.3, -0.25) is 6.08 Å². The van der Waals surface area contributed by atoms with Gasteiger partial charge in [0.1, 0.15) is 5.75 Å². The van der Waals surface area contributed by atoms with Crippen molar-refractivity contribution in [2.45, 2.75) is 73.0 Å². The molecule has 0 radical (unpaired) electrons. The van der Waals surface area contributed by atoms with Crippen LogP contribution in [-0.2, 0) is 20.0 Å². The van der Waals surface area contributed by atoms with Gasteiger partial charge in [-0.2, -0.15) is 6.08 Å². The van der Waals surface area contributed by atoms with E-state index >= 15 is 0 Å². The van der Waals surface area contributed by atoms with Crippen molar-refractivity contribution < 1.29 is 25.1 Å². The fourth-order valence-electron chi connectivity index (χ4n) is 3.85. The molecule has 38 heavy (non-hydrogen) atoms. The SMILES string of the molecule is CC(C)(C)C1=[C-]CC=C1.Cc1cc(O)cc([Si](C)(C)C(C)(C)C)c1.[Ti+]=[C](c1ccccc1)c1ccccc1. The second kappa shape index (κ2) is 13.7. The van der Waals surface area contributed by atoms with Gasteiger partial charge in [0.15, 0.2) is 0 Å². The van der Waals surface area contributed by atoms with Gasteiger partial charge in [-0.1, -0.05) is 65.9 Å². The maximum atomic E-state index is 9.65. The van der Waals surface area contributed by atoms with Crippen LogP contribution in [0.25, 0.3) is 0 Å². The summed E-state index contributed by atoms with van der Waals surface area (Å²) in [5.41, 5.74) is 5.38. The molecular formula is C35H45OSiTi. The summed E-state index contributed by atoms with van der Waals surface area (Å²) >= 11 is 2.16. The molecule has 1 N–H and O–H groups in total. The topological polar surface area (TPSA) is 20.2 Å². The number of hydrogen-bond donors (Lipinski definition) is 1. The third kappa shape index (κ3) is 9.49. The van der Waals surface area contributed by atoms with Gasteiger partial charge in [0, 0.05) is 0 Å². The third-order valence-corrected chi connectivity index (χ3v) is 13.7. The molecule has 0 atom stereocenters. The molecule has 199 valence electrons. The van der Waals surface area contributed by atoms with Crippen LogP contribution in [0.5, 0.6) is 5.75 Å². The minimum absolute atomic E-state index is 0.299. The maximum absolute atomic E-state index is 9.65. The molecule has 0 saturated carbocycles. The Hall–Kier alpha value is -2.26. The zero-order valence-corrected chi connectivity index (χ0v) is 27.4. The van der Waals surface area contributed by atoms with E-state index in [1.54, 1.807) is 0 Å². The summed E-state index contributed by atoms with van der Waals surface area (Å²) in [7, 11) is -1.50. The second-order valence-corrected chi connectivity index (χ2v) is 18.6. The molecule has 0 heterocycles. The predicted octanol–water partition coefficient (Wildman–Crippen LogP) is 8.94. The molecule has 0 aromatic heterocycles. The molecule has 0 unspecified atom stereocenters. The van der Waals surface area contributed by atoms with Crippen LogP contribution in [-0.4, -0.2) is 17.0 Å². The van der Waals surface area contributed by atoms with Gasteiger partial charge in [0.05, 0.1) is 8.07 Å². The van der Waals surface area contributed by atoms with E-state index in [4.69, 9.17) is 0 Å². The number of benzene rings is 3. The van der Waals surface area contributed by atoms with Gasteiger partial charge in [-0.05, 0) is 35.1 Å². The number of phenols is 1. The second-order valence-electron chi connectivity index (χ2n) is 12.5. The van der Waals surface area contributed by atoms with Crippen molar-refractivity contribution in [3.63, 3.8) is 0 Å². The number of hydrogen-bond acceptors (Lipinski definition) is 1. The molecule has 0 bridgehead atoms. The Morgan fingerprint density at radius 1 is 0.816 bits per heavy atom. The van der Waals surface area contributed by atoms with E-state index in [0.717, 1.165) is 12.0 Å². The summed E-state index contributed by atoms with van der Waals surface area (Å²) < 4.78 is 1.33. The summed E-state index contributed by atoms with van der Waals surface area (Å²) in [4.78, 5) is 0. The zero-order valence-electron chi connectivity index (χ0n) is 24.8. The Kier molecular flexibility index (Phi) is 11.5. The molecule has 1 aliphatic rings. The fraction of sp³-hybridized carbons (Fsp3) is 0.343. The molecular weight excluding hydrogens is 512 g/mol. The molecule has 1 nitrogen and oxygen atoms in total. The minimum atomic E-state index is -1.50. The summed E-state index contributed by atoms with van der Waals surface area (Å²) in [5, 5.41) is 11.3. The van der Waals surface area contributed by atoms with E-state index in [0.29, 0.717) is 16.2 Å². The van der Waals surface area contributed by atoms with Gasteiger partial charge in [-0.15, -0.1) is 6.42 Å². The quantitative estimate of drug-likeness (QED) is 0.252. The average Bonchev–Trinajstić information content (AvgIpc) is 3.40. The molecule has 3 aromatic rings. The Morgan fingerprint density at radius 3 is 1.66 bits per heavy atom. The van der Waals surface area contributed by atoms with Crippen molar-refractivity contribution in [1.82, 2.24) is 0 Å². The molecule has 4 rings (SSSR count). The van der Waals surface area contributed by atoms with Crippen LogP contribution in [0.15, 0.2) is 96.6 Å². The number of aryl methyl sites for hydroxylation is 1. The van der Waals surface area contributed by atoms with Crippen LogP contribution in [0, 0.1) is 18.4 Å². The van der Waals surface area contributed by atoms with Crippen LogP contribution in [0.3, 0.4) is 0 Å². The molecule has 0 amide bonds. The van der Waals surface area contributed by atoms with Crippen LogP contribution < -0.4 is 5.19 Å². The van der Waals surface area contributed by atoms with Crippen LogP contribution >= 0.6 is 0 Å². The van der Waals surface area contributed by atoms with Gasteiger partial charge in [0.25, 0.3) is 0 Å². The van der Waals surface area contributed by atoms with E-state index in [1.807, 2.05) is 31.2 Å². The van der Waals surface area contributed by atoms with E-state index in [9.17, 15) is 5.11 Å². The molecule has 0 spiro atoms. The van der Waals surface area contributed by atoms with E-state index in [2.05, 4.69) is 147 Å². The molecule has 0 fully saturated rings. The first-order valence-corrected chi connectivity index (χ1v) is 17.2. The summed E-state index contributed by atoms with van der Waals surface area (Å²) in [6, 6.07) is 26.9. The predicted molar refractivity (Wildman–Crippen MR) is 166 cm³/mol. The number of phenolic OH excluding ortho intramolecular Hbond substituents is 1. The Bertz CT molecular complexity index is 1180. The van der Waals surface area contributed by atoms with Crippen molar-refractivity contribution in [3.05, 3.63) is 119 Å². The Balaban J connectivity index is 0.000000206. The van der Waals surface area contributed by atoms with Gasteiger partial charge >= 0.3 is 95.6 Å². The third-order valence-electron chi connectivity index (χ3n) is 7.29. The fourth-order valence-corrected chi connectivity index (χ4v) is 6.34. The Labute approximate surface area is 244 Å². The zero-order chi connectivity index (χ0) is 28.6. The summed E-state index contributed by atoms with van der Waals surface area (Å²) in [5.74, 6) is 0.398. The van der Waals surface area contributed by atoms with E-state index in [-0.39, 0.29) is 0 Å². The van der Waals surface area contributed by atoms with Gasteiger partial charge in [0.2, 0.25) is 0 Å². The summed E-state index contributed by atoms with van der Waals surface area (Å²) in [6.45, 7) is 20.3. The number of aromatic hydroxyl groups is 1. The molecule has 1 aliphatic carbocycles. The van der Waals surface area contributed by atoms with Crippen LogP contribution in [0.1, 0.15) is 64.7 Å². The standard InChI is InChI=1S/C13H22OSi.C13H10.C9H13.Ti/c1-10-7-11(14)9-12(8-10)15(5,6)13(2,3)4;1-3-7-12(8-4-1)11-13-9-5-2-6-10-13;1-9(2,3)8-6-4-5-7-8;/h7-9,14H,1-6H3;1-10H;4,6H,5H2,1-3H3;/q;;-1;+1. The van der Waals surface area contributed by atoms with Gasteiger partial charge in [-0.25, -0.2) is 11.6 Å². The van der Waals surface area contributed by atoms with Gasteiger partial charge < -0.3 is 5.11 Å². The first-order valence-electron chi connectivity index (χ1n) is 13.4. The number of rotatable bonds is 3. The van der Waals surface area contributed by atoms with Crippen molar-refractivity contribution in [1.29, 1.82) is 0 Å². The van der Waals surface area contributed by atoms with Crippen molar-refractivity contribution in [2.24, 2.45) is 5.41 Å². The normalized spacial score (nSPS) is 13.1. The first-order chi connectivity index (χ1) is 17.6. The Morgan fingerprint density at radius 2 is 1.32 bits per heavy atom. The van der Waals surface area contributed by atoms with E-state index in [1.165, 1.54) is 25.7 Å². The van der Waals surface area contributed by atoms with E-state index < -0.39 is 8.07 Å². The molecule has 3 aromatic carbocycles. The molecule has 0 aliphatic heterocycles. The summed E-state index contributed by atoms with van der Waals surface area (Å²) in [6.07, 6.45) is 8.63. The number of allylic oxidation sites excluding steroid dienone is 4. The van der Waals surface area contributed by atoms with Crippen LogP contribution in [0.4, 0.5) is 0 Å². The molecule has 3 heteroatoms. The monoisotopic (exact) mass is 557 g/mol. The first kappa shape index (κ1) is 32.0. The van der Waals surface area contributed by atoms with Crippen molar-refractivity contribution >= 4 is 17.1 Å². The molecule has 0 saturated heterocycles. The average molecular weight is 558 g/mol. The van der Waals surface area contributed by atoms with Crippen LogP contribution in [0.2, 0.25) is 18.1 Å². The van der Waals surface area contributed by atoms with Crippen molar-refractivity contribution in [2.75, 3.05) is 0 Å².